The molecule has 0 bridgehead atoms. The summed E-state index contributed by atoms with van der Waals surface area (Å²) in [5.41, 5.74) is 7.63. The zero-order valence-electron chi connectivity index (χ0n) is 18.9. The van der Waals surface area contributed by atoms with Crippen LogP contribution in [0, 0.1) is 0 Å². The normalized spacial score (nSPS) is 12.5. The van der Waals surface area contributed by atoms with Crippen LogP contribution in [0.5, 0.6) is 11.5 Å². The SMILES string of the molecule is CCc1nc2cc(-c3nc4ccccc4c4nc5ccccc5n34)cc3c2n1-c1ccccc1O3. The van der Waals surface area contributed by atoms with E-state index in [9.17, 15) is 0 Å². The maximum absolute atomic E-state index is 6.42. The number of rotatable bonds is 2. The van der Waals surface area contributed by atoms with Crippen molar-refractivity contribution in [1.29, 1.82) is 0 Å². The fourth-order valence-corrected chi connectivity index (χ4v) is 5.31. The molecule has 166 valence electrons. The van der Waals surface area contributed by atoms with Crippen LogP contribution in [0.25, 0.3) is 55.7 Å². The molecule has 0 saturated heterocycles. The van der Waals surface area contributed by atoms with E-state index in [0.29, 0.717) is 0 Å². The first-order chi connectivity index (χ1) is 17.3. The maximum atomic E-state index is 6.42. The van der Waals surface area contributed by atoms with Gasteiger partial charge in [0.25, 0.3) is 0 Å². The van der Waals surface area contributed by atoms with Gasteiger partial charge in [0, 0.05) is 17.4 Å². The molecule has 6 heteroatoms. The van der Waals surface area contributed by atoms with E-state index in [-0.39, 0.29) is 0 Å². The Morgan fingerprint density at radius 2 is 1.54 bits per heavy atom. The van der Waals surface area contributed by atoms with Gasteiger partial charge in [-0.2, -0.15) is 0 Å². The molecule has 0 radical (unpaired) electrons. The summed E-state index contributed by atoms with van der Waals surface area (Å²) >= 11 is 0. The van der Waals surface area contributed by atoms with E-state index in [1.165, 1.54) is 0 Å². The second kappa shape index (κ2) is 6.67. The quantitative estimate of drug-likeness (QED) is 0.292. The molecule has 4 heterocycles. The number of aryl methyl sites for hydroxylation is 1. The van der Waals surface area contributed by atoms with E-state index < -0.39 is 0 Å². The molecule has 0 N–H and O–H groups in total. The summed E-state index contributed by atoms with van der Waals surface area (Å²) in [7, 11) is 0. The molecule has 0 fully saturated rings. The molecule has 0 atom stereocenters. The zero-order valence-corrected chi connectivity index (χ0v) is 18.9. The highest BCUT2D eigenvalue weighted by molar-refractivity contribution is 5.99. The van der Waals surface area contributed by atoms with Crippen LogP contribution in [-0.4, -0.2) is 23.9 Å². The van der Waals surface area contributed by atoms with Gasteiger partial charge in [0.1, 0.15) is 22.8 Å². The summed E-state index contributed by atoms with van der Waals surface area (Å²) in [6, 6.07) is 28.7. The third-order valence-corrected chi connectivity index (χ3v) is 6.83. The lowest BCUT2D eigenvalue weighted by Gasteiger charge is -2.21. The predicted octanol–water partition coefficient (Wildman–Crippen LogP) is 6.71. The molecule has 3 aromatic heterocycles. The van der Waals surface area contributed by atoms with Crippen molar-refractivity contribution in [3.63, 3.8) is 0 Å². The second-order valence-electron chi connectivity index (χ2n) is 8.84. The van der Waals surface area contributed by atoms with Gasteiger partial charge < -0.3 is 4.74 Å². The minimum Gasteiger partial charge on any atom is -0.453 e. The number of benzene rings is 4. The van der Waals surface area contributed by atoms with Crippen LogP contribution in [-0.2, 0) is 6.42 Å². The second-order valence-corrected chi connectivity index (χ2v) is 8.84. The summed E-state index contributed by atoms with van der Waals surface area (Å²) in [5, 5.41) is 1.03. The number of imidazole rings is 2. The molecule has 4 aromatic carbocycles. The van der Waals surface area contributed by atoms with Crippen molar-refractivity contribution in [3.05, 3.63) is 90.8 Å². The third-order valence-electron chi connectivity index (χ3n) is 6.83. The zero-order chi connectivity index (χ0) is 23.1. The third kappa shape index (κ3) is 2.45. The van der Waals surface area contributed by atoms with Gasteiger partial charge in [-0.05, 0) is 48.5 Å². The number of nitrogens with zero attached hydrogens (tertiary/aromatic N) is 5. The van der Waals surface area contributed by atoms with Crippen molar-refractivity contribution < 1.29 is 4.74 Å². The average molecular weight is 454 g/mol. The Bertz CT molecular complexity index is 1980. The fourth-order valence-electron chi connectivity index (χ4n) is 5.31. The van der Waals surface area contributed by atoms with E-state index >= 15 is 0 Å². The maximum Gasteiger partial charge on any atom is 0.154 e. The number of fused-ring (bicyclic) bond motifs is 7. The number of hydrogen-bond donors (Lipinski definition) is 0. The fraction of sp³-hybridized carbons (Fsp3) is 0.0690. The van der Waals surface area contributed by atoms with Gasteiger partial charge in [-0.15, -0.1) is 0 Å². The Kier molecular flexibility index (Phi) is 3.56. The van der Waals surface area contributed by atoms with Crippen LogP contribution in [0.15, 0.2) is 84.9 Å². The summed E-state index contributed by atoms with van der Waals surface area (Å²) in [6.07, 6.45) is 0.822. The summed E-state index contributed by atoms with van der Waals surface area (Å²) in [6.45, 7) is 2.13. The van der Waals surface area contributed by atoms with E-state index in [4.69, 9.17) is 19.7 Å². The van der Waals surface area contributed by atoms with Crippen molar-refractivity contribution >= 4 is 38.6 Å². The highest BCUT2D eigenvalue weighted by Crippen LogP contribution is 2.43. The van der Waals surface area contributed by atoms with Crippen LogP contribution < -0.4 is 4.74 Å². The first kappa shape index (κ1) is 18.7. The Balaban J connectivity index is 1.50. The van der Waals surface area contributed by atoms with Crippen molar-refractivity contribution in [2.45, 2.75) is 13.3 Å². The molecule has 35 heavy (non-hydrogen) atoms. The van der Waals surface area contributed by atoms with Crippen LogP contribution >= 0.6 is 0 Å². The van der Waals surface area contributed by atoms with Crippen molar-refractivity contribution in [2.24, 2.45) is 0 Å². The minimum absolute atomic E-state index is 0.788. The number of para-hydroxylation sites is 5. The smallest absolute Gasteiger partial charge is 0.154 e. The van der Waals surface area contributed by atoms with Gasteiger partial charge in [-0.1, -0.05) is 43.3 Å². The molecule has 0 amide bonds. The van der Waals surface area contributed by atoms with Gasteiger partial charge in [-0.25, -0.2) is 15.0 Å². The number of ether oxygens (including phenoxy) is 1. The molecule has 8 rings (SSSR count). The molecular formula is C29H19N5O. The van der Waals surface area contributed by atoms with Crippen LogP contribution in [0.4, 0.5) is 0 Å². The molecule has 7 aromatic rings. The Hall–Kier alpha value is -4.71. The van der Waals surface area contributed by atoms with E-state index in [1.54, 1.807) is 0 Å². The molecular weight excluding hydrogens is 434 g/mol. The molecule has 0 aliphatic carbocycles. The van der Waals surface area contributed by atoms with Gasteiger partial charge >= 0.3 is 0 Å². The minimum atomic E-state index is 0.788. The first-order valence-electron chi connectivity index (χ1n) is 11.8. The summed E-state index contributed by atoms with van der Waals surface area (Å²) in [5.74, 6) is 3.45. The first-order valence-corrected chi connectivity index (χ1v) is 11.8. The predicted molar refractivity (Wildman–Crippen MR) is 138 cm³/mol. The molecule has 6 nitrogen and oxygen atoms in total. The van der Waals surface area contributed by atoms with Crippen molar-refractivity contribution in [2.75, 3.05) is 0 Å². The van der Waals surface area contributed by atoms with Crippen molar-refractivity contribution in [3.8, 4) is 28.6 Å². The molecule has 0 spiro atoms. The van der Waals surface area contributed by atoms with Gasteiger partial charge in [0.2, 0.25) is 0 Å². The van der Waals surface area contributed by atoms with E-state index in [2.05, 4.69) is 46.2 Å². The topological polar surface area (TPSA) is 57.2 Å². The van der Waals surface area contributed by atoms with Gasteiger partial charge in [0.05, 0.1) is 27.8 Å². The summed E-state index contributed by atoms with van der Waals surface area (Å²) in [4.78, 5) is 15.1. The highest BCUT2D eigenvalue weighted by Gasteiger charge is 2.25. The molecule has 0 unspecified atom stereocenters. The molecule has 0 saturated carbocycles. The van der Waals surface area contributed by atoms with Crippen molar-refractivity contribution in [1.82, 2.24) is 23.9 Å². The molecule has 1 aliphatic rings. The lowest BCUT2D eigenvalue weighted by Crippen LogP contribution is -2.07. The Labute approximate surface area is 200 Å². The van der Waals surface area contributed by atoms with Crippen LogP contribution in [0.1, 0.15) is 12.7 Å². The Morgan fingerprint density at radius 3 is 2.46 bits per heavy atom. The standard InChI is InChI=1S/C29H19N5O/c1-2-26-30-21-15-17(16-25-27(21)33(26)23-13-7-8-14-24(23)35-25)28-31-19-10-4-3-9-18(19)29-32-20-11-5-6-12-22(20)34(28)29/h3-16H,2H2,1H3. The molecule has 1 aliphatic heterocycles. The van der Waals surface area contributed by atoms with E-state index in [0.717, 1.165) is 79.4 Å². The summed E-state index contributed by atoms with van der Waals surface area (Å²) < 4.78 is 10.8. The number of hydrogen-bond acceptors (Lipinski definition) is 4. The largest absolute Gasteiger partial charge is 0.453 e. The van der Waals surface area contributed by atoms with Crippen LogP contribution in [0.3, 0.4) is 0 Å². The average Bonchev–Trinajstić information content (AvgIpc) is 3.48. The number of aromatic nitrogens is 5. The lowest BCUT2D eigenvalue weighted by molar-refractivity contribution is 0.474. The monoisotopic (exact) mass is 453 g/mol. The van der Waals surface area contributed by atoms with Crippen LogP contribution in [0.2, 0.25) is 0 Å². The van der Waals surface area contributed by atoms with E-state index in [1.807, 2.05) is 54.6 Å². The lowest BCUT2D eigenvalue weighted by atomic mass is 10.1. The highest BCUT2D eigenvalue weighted by atomic mass is 16.5. The Morgan fingerprint density at radius 1 is 0.743 bits per heavy atom. The van der Waals surface area contributed by atoms with Gasteiger partial charge in [-0.3, -0.25) is 8.97 Å². The van der Waals surface area contributed by atoms with Gasteiger partial charge in [0.15, 0.2) is 11.5 Å².